The van der Waals surface area contributed by atoms with Crippen LogP contribution in [0.25, 0.3) is 17.4 Å². The summed E-state index contributed by atoms with van der Waals surface area (Å²) in [6.45, 7) is 5.93. The van der Waals surface area contributed by atoms with E-state index in [9.17, 15) is 4.39 Å². The molecule has 1 heterocycles. The second-order valence-corrected chi connectivity index (χ2v) is 4.48. The molecule has 0 radical (unpaired) electrons. The van der Waals surface area contributed by atoms with Crippen LogP contribution >= 0.6 is 0 Å². The SMILES string of the molecule is CCNCC(C)=Cc1ccc(-c2ccc(F)cc2)o1. The molecule has 0 saturated heterocycles. The van der Waals surface area contributed by atoms with Crippen LogP contribution in [0.2, 0.25) is 0 Å². The van der Waals surface area contributed by atoms with Crippen molar-refractivity contribution in [3.8, 4) is 11.3 Å². The molecule has 0 amide bonds. The van der Waals surface area contributed by atoms with Crippen LogP contribution in [-0.4, -0.2) is 13.1 Å². The van der Waals surface area contributed by atoms with E-state index in [1.165, 1.54) is 17.7 Å². The van der Waals surface area contributed by atoms with E-state index in [1.807, 2.05) is 18.2 Å². The first kappa shape index (κ1) is 13.6. The van der Waals surface area contributed by atoms with Gasteiger partial charge in [0.2, 0.25) is 0 Å². The molecule has 0 unspecified atom stereocenters. The van der Waals surface area contributed by atoms with E-state index in [-0.39, 0.29) is 5.82 Å². The Balaban J connectivity index is 2.12. The zero-order chi connectivity index (χ0) is 13.7. The van der Waals surface area contributed by atoms with Gasteiger partial charge in [-0.2, -0.15) is 0 Å². The van der Waals surface area contributed by atoms with Crippen molar-refractivity contribution in [1.82, 2.24) is 5.32 Å². The van der Waals surface area contributed by atoms with Gasteiger partial charge in [-0.15, -0.1) is 0 Å². The maximum Gasteiger partial charge on any atom is 0.134 e. The van der Waals surface area contributed by atoms with Crippen LogP contribution in [0.15, 0.2) is 46.4 Å². The molecule has 2 nitrogen and oxygen atoms in total. The number of hydrogen-bond donors (Lipinski definition) is 1. The molecule has 1 N–H and O–H groups in total. The highest BCUT2D eigenvalue weighted by Gasteiger charge is 2.03. The molecule has 0 fully saturated rings. The molecular weight excluding hydrogens is 241 g/mol. The van der Waals surface area contributed by atoms with Gasteiger partial charge in [-0.05, 0) is 55.9 Å². The van der Waals surface area contributed by atoms with Crippen molar-refractivity contribution in [3.63, 3.8) is 0 Å². The predicted octanol–water partition coefficient (Wildman–Crippen LogP) is 4.10. The quantitative estimate of drug-likeness (QED) is 0.874. The van der Waals surface area contributed by atoms with Gasteiger partial charge in [-0.25, -0.2) is 4.39 Å². The van der Waals surface area contributed by atoms with Crippen molar-refractivity contribution in [2.24, 2.45) is 0 Å². The zero-order valence-electron chi connectivity index (χ0n) is 11.2. The number of hydrogen-bond acceptors (Lipinski definition) is 2. The topological polar surface area (TPSA) is 25.2 Å². The predicted molar refractivity (Wildman–Crippen MR) is 76.3 cm³/mol. The fourth-order valence-electron chi connectivity index (χ4n) is 1.82. The van der Waals surface area contributed by atoms with Crippen LogP contribution in [0.1, 0.15) is 19.6 Å². The monoisotopic (exact) mass is 259 g/mol. The molecule has 0 bridgehead atoms. The van der Waals surface area contributed by atoms with Gasteiger partial charge < -0.3 is 9.73 Å². The van der Waals surface area contributed by atoms with Crippen LogP contribution in [0.5, 0.6) is 0 Å². The Morgan fingerprint density at radius 3 is 2.63 bits per heavy atom. The lowest BCUT2D eigenvalue weighted by molar-refractivity contribution is 0.570. The van der Waals surface area contributed by atoms with Gasteiger partial charge in [0.1, 0.15) is 17.3 Å². The van der Waals surface area contributed by atoms with Gasteiger partial charge in [0.15, 0.2) is 0 Å². The summed E-state index contributed by atoms with van der Waals surface area (Å²) in [4.78, 5) is 0. The van der Waals surface area contributed by atoms with Gasteiger partial charge >= 0.3 is 0 Å². The van der Waals surface area contributed by atoms with Crippen LogP contribution in [0, 0.1) is 5.82 Å². The number of nitrogens with one attached hydrogen (secondary N) is 1. The lowest BCUT2D eigenvalue weighted by Gasteiger charge is -2.00. The maximum absolute atomic E-state index is 12.9. The molecule has 0 aliphatic heterocycles. The third-order valence-electron chi connectivity index (χ3n) is 2.80. The zero-order valence-corrected chi connectivity index (χ0v) is 11.2. The van der Waals surface area contributed by atoms with Crippen LogP contribution < -0.4 is 5.32 Å². The van der Waals surface area contributed by atoms with Crippen molar-refractivity contribution in [2.75, 3.05) is 13.1 Å². The van der Waals surface area contributed by atoms with Crippen molar-refractivity contribution in [3.05, 3.63) is 53.5 Å². The highest BCUT2D eigenvalue weighted by molar-refractivity contribution is 5.60. The summed E-state index contributed by atoms with van der Waals surface area (Å²) in [5.74, 6) is 1.33. The van der Waals surface area contributed by atoms with E-state index in [1.54, 1.807) is 12.1 Å². The normalized spacial score (nSPS) is 11.8. The third kappa shape index (κ3) is 3.80. The lowest BCUT2D eigenvalue weighted by Crippen LogP contribution is -2.14. The van der Waals surface area contributed by atoms with E-state index in [0.717, 1.165) is 30.2 Å². The average molecular weight is 259 g/mol. The molecular formula is C16H18FNO. The summed E-state index contributed by atoms with van der Waals surface area (Å²) in [5.41, 5.74) is 2.09. The van der Waals surface area contributed by atoms with Crippen molar-refractivity contribution in [2.45, 2.75) is 13.8 Å². The smallest absolute Gasteiger partial charge is 0.134 e. The third-order valence-corrected chi connectivity index (χ3v) is 2.80. The van der Waals surface area contributed by atoms with Gasteiger partial charge in [0.25, 0.3) is 0 Å². The molecule has 3 heteroatoms. The maximum atomic E-state index is 12.9. The molecule has 2 rings (SSSR count). The Morgan fingerprint density at radius 2 is 1.95 bits per heavy atom. The largest absolute Gasteiger partial charge is 0.457 e. The summed E-state index contributed by atoms with van der Waals surface area (Å²) in [6.07, 6.45) is 2.01. The Labute approximate surface area is 112 Å². The fourth-order valence-corrected chi connectivity index (χ4v) is 1.82. The Bertz CT molecular complexity index is 554. The molecule has 1 aromatic carbocycles. The molecule has 1 aromatic heterocycles. The van der Waals surface area contributed by atoms with Crippen molar-refractivity contribution in [1.29, 1.82) is 0 Å². The van der Waals surface area contributed by atoms with Gasteiger partial charge in [-0.1, -0.05) is 12.5 Å². The summed E-state index contributed by atoms with van der Waals surface area (Å²) in [6, 6.07) is 10.1. The van der Waals surface area contributed by atoms with Gasteiger partial charge in [0, 0.05) is 12.1 Å². The van der Waals surface area contributed by atoms with Crippen LogP contribution in [-0.2, 0) is 0 Å². The summed E-state index contributed by atoms with van der Waals surface area (Å²) in [5, 5.41) is 3.26. The minimum absolute atomic E-state index is 0.239. The number of halogens is 1. The molecule has 0 aliphatic carbocycles. The molecule has 2 aromatic rings. The summed E-state index contributed by atoms with van der Waals surface area (Å²) in [7, 11) is 0. The number of rotatable bonds is 5. The first-order valence-corrected chi connectivity index (χ1v) is 6.42. The van der Waals surface area contributed by atoms with Crippen LogP contribution in [0.3, 0.4) is 0 Å². The molecule has 0 spiro atoms. The second kappa shape index (κ2) is 6.34. The van der Waals surface area contributed by atoms with Gasteiger partial charge in [-0.3, -0.25) is 0 Å². The second-order valence-electron chi connectivity index (χ2n) is 4.48. The van der Waals surface area contributed by atoms with E-state index in [4.69, 9.17) is 4.42 Å². The minimum Gasteiger partial charge on any atom is -0.457 e. The molecule has 100 valence electrons. The minimum atomic E-state index is -0.239. The summed E-state index contributed by atoms with van der Waals surface area (Å²) >= 11 is 0. The lowest BCUT2D eigenvalue weighted by atomic mass is 10.2. The van der Waals surface area contributed by atoms with Crippen molar-refractivity contribution < 1.29 is 8.81 Å². The fraction of sp³-hybridized carbons (Fsp3) is 0.250. The van der Waals surface area contributed by atoms with E-state index in [0.29, 0.717) is 0 Å². The first-order valence-electron chi connectivity index (χ1n) is 6.42. The Morgan fingerprint density at radius 1 is 1.21 bits per heavy atom. The Hall–Kier alpha value is -1.87. The average Bonchev–Trinajstić information content (AvgIpc) is 2.85. The number of furan rings is 1. The van der Waals surface area contributed by atoms with Gasteiger partial charge in [0.05, 0.1) is 0 Å². The van der Waals surface area contributed by atoms with Crippen molar-refractivity contribution >= 4 is 6.08 Å². The standard InChI is InChI=1S/C16H18FNO/c1-3-18-11-12(2)10-15-8-9-16(19-15)13-4-6-14(17)7-5-13/h4-10,18H,3,11H2,1-2H3. The first-order chi connectivity index (χ1) is 9.19. The van der Waals surface area contributed by atoms with E-state index in [2.05, 4.69) is 19.2 Å². The summed E-state index contributed by atoms with van der Waals surface area (Å²) < 4.78 is 18.6. The molecule has 19 heavy (non-hydrogen) atoms. The molecule has 0 aliphatic rings. The highest BCUT2D eigenvalue weighted by Crippen LogP contribution is 2.23. The van der Waals surface area contributed by atoms with E-state index >= 15 is 0 Å². The molecule has 0 saturated carbocycles. The molecule has 0 atom stereocenters. The Kier molecular flexibility index (Phi) is 4.53. The number of likely N-dealkylation sites (N-methyl/N-ethyl adjacent to an activating group) is 1. The highest BCUT2D eigenvalue weighted by atomic mass is 19.1. The van der Waals surface area contributed by atoms with Crippen LogP contribution in [0.4, 0.5) is 4.39 Å². The number of benzene rings is 1. The van der Waals surface area contributed by atoms with E-state index < -0.39 is 0 Å².